The van der Waals surface area contributed by atoms with E-state index in [1.54, 1.807) is 19.0 Å². The van der Waals surface area contributed by atoms with Gasteiger partial charge >= 0.3 is 6.03 Å². The van der Waals surface area contributed by atoms with Gasteiger partial charge in [-0.3, -0.25) is 9.69 Å². The van der Waals surface area contributed by atoms with E-state index >= 15 is 0 Å². The topological polar surface area (TPSA) is 45.6 Å². The number of hydrogen-bond acceptors (Lipinski definition) is 2. The number of nitrogens with zero attached hydrogens (tertiary/aromatic N) is 3. The van der Waals surface area contributed by atoms with Crippen LogP contribution in [0.4, 0.5) is 4.79 Å². The molecule has 0 saturated carbocycles. The maximum atomic E-state index is 12.9. The van der Waals surface area contributed by atoms with Crippen molar-refractivity contribution in [3.8, 4) is 11.8 Å². The molecule has 5 heteroatoms. The van der Waals surface area contributed by atoms with E-state index in [0.717, 1.165) is 29.8 Å². The van der Waals surface area contributed by atoms with Gasteiger partial charge in [0.1, 0.15) is 0 Å². The number of benzene rings is 1. The van der Waals surface area contributed by atoms with Gasteiger partial charge in [0.05, 0.1) is 5.69 Å². The number of rotatable bonds is 0. The van der Waals surface area contributed by atoms with Crippen LogP contribution < -0.4 is 0 Å². The number of fused-ring (bicyclic) bond motifs is 2. The number of aromatic nitrogens is 1. The van der Waals surface area contributed by atoms with Crippen LogP contribution in [0.25, 0.3) is 0 Å². The Balaban J connectivity index is 1.77. The molecule has 1 spiro atoms. The van der Waals surface area contributed by atoms with E-state index in [9.17, 15) is 9.59 Å². The molecule has 126 valence electrons. The maximum Gasteiger partial charge on any atom is 0.327 e. The van der Waals surface area contributed by atoms with Crippen molar-refractivity contribution >= 4 is 11.9 Å². The standard InChI is InChI=1S/C20H19N3O2/c1-21-18(24)20(22(2)19(21)25)11-6-12-23-14-16(13-17(20)23)10-9-15-7-4-3-5-8-15/h3-5,7-8,13-14H,6,11-12H2,1-2H3. The molecule has 0 bridgehead atoms. The molecule has 3 heterocycles. The molecule has 1 atom stereocenters. The first-order chi connectivity index (χ1) is 12.0. The molecule has 2 aliphatic rings. The Morgan fingerprint density at radius 3 is 2.44 bits per heavy atom. The van der Waals surface area contributed by atoms with Gasteiger partial charge in [-0.25, -0.2) is 4.79 Å². The number of aryl methyl sites for hydroxylation is 1. The summed E-state index contributed by atoms with van der Waals surface area (Å²) in [7, 11) is 3.26. The number of carbonyl (C=O) groups is 2. The summed E-state index contributed by atoms with van der Waals surface area (Å²) < 4.78 is 2.07. The van der Waals surface area contributed by atoms with Crippen molar-refractivity contribution in [3.63, 3.8) is 0 Å². The molecule has 1 unspecified atom stereocenters. The summed E-state index contributed by atoms with van der Waals surface area (Å²) in [6, 6.07) is 11.5. The number of carbonyl (C=O) groups excluding carboxylic acids is 2. The van der Waals surface area contributed by atoms with E-state index in [-0.39, 0.29) is 11.9 Å². The molecule has 4 rings (SSSR count). The van der Waals surface area contributed by atoms with Crippen molar-refractivity contribution in [1.82, 2.24) is 14.4 Å². The number of urea groups is 1. The van der Waals surface area contributed by atoms with E-state index in [4.69, 9.17) is 0 Å². The second kappa shape index (κ2) is 5.52. The van der Waals surface area contributed by atoms with E-state index in [1.807, 2.05) is 42.6 Å². The van der Waals surface area contributed by atoms with Gasteiger partial charge in [0.25, 0.3) is 5.91 Å². The molecule has 1 fully saturated rings. The average molecular weight is 333 g/mol. The Labute approximate surface area is 146 Å². The van der Waals surface area contributed by atoms with Gasteiger partial charge in [-0.15, -0.1) is 0 Å². The third-order valence-corrected chi connectivity index (χ3v) is 5.19. The van der Waals surface area contributed by atoms with E-state index in [2.05, 4.69) is 16.4 Å². The largest absolute Gasteiger partial charge is 0.348 e. The fourth-order valence-electron chi connectivity index (χ4n) is 3.87. The van der Waals surface area contributed by atoms with Crippen molar-refractivity contribution in [3.05, 3.63) is 59.4 Å². The average Bonchev–Trinajstić information content (AvgIpc) is 3.13. The molecule has 1 aromatic carbocycles. The SMILES string of the molecule is CN1C(=O)N(C)C2(CCCn3cc(C#Cc4ccccc4)cc32)C1=O. The van der Waals surface area contributed by atoms with Crippen LogP contribution in [0.15, 0.2) is 42.6 Å². The number of imide groups is 1. The molecule has 3 amide bonds. The molecule has 25 heavy (non-hydrogen) atoms. The van der Waals surface area contributed by atoms with Crippen LogP contribution in [-0.4, -0.2) is 40.4 Å². The summed E-state index contributed by atoms with van der Waals surface area (Å²) in [5, 5.41) is 0. The molecule has 0 radical (unpaired) electrons. The van der Waals surface area contributed by atoms with E-state index in [0.29, 0.717) is 6.42 Å². The van der Waals surface area contributed by atoms with Crippen LogP contribution in [0.5, 0.6) is 0 Å². The van der Waals surface area contributed by atoms with E-state index in [1.165, 1.54) is 4.90 Å². The summed E-state index contributed by atoms with van der Waals surface area (Å²) in [4.78, 5) is 28.0. The zero-order chi connectivity index (χ0) is 17.6. The van der Waals surface area contributed by atoms with Gasteiger partial charge in [-0.1, -0.05) is 30.0 Å². The molecule has 0 aliphatic carbocycles. The Bertz CT molecular complexity index is 919. The third-order valence-electron chi connectivity index (χ3n) is 5.19. The smallest absolute Gasteiger partial charge is 0.327 e. The highest BCUT2D eigenvalue weighted by molar-refractivity contribution is 6.07. The highest BCUT2D eigenvalue weighted by Gasteiger charge is 2.57. The van der Waals surface area contributed by atoms with Gasteiger partial charge < -0.3 is 9.47 Å². The number of hydrogen-bond donors (Lipinski definition) is 0. The lowest BCUT2D eigenvalue weighted by molar-refractivity contribution is -0.133. The molecule has 1 aromatic heterocycles. The van der Waals surface area contributed by atoms with Crippen LogP contribution in [0.2, 0.25) is 0 Å². The quantitative estimate of drug-likeness (QED) is 0.549. The molecule has 2 aliphatic heterocycles. The molecular formula is C20H19N3O2. The Morgan fingerprint density at radius 2 is 1.76 bits per heavy atom. The fraction of sp³-hybridized carbons (Fsp3) is 0.300. The van der Waals surface area contributed by atoms with Crippen LogP contribution in [0, 0.1) is 11.8 Å². The minimum Gasteiger partial charge on any atom is -0.348 e. The summed E-state index contributed by atoms with van der Waals surface area (Å²) in [6.45, 7) is 0.836. The Morgan fingerprint density at radius 1 is 1.04 bits per heavy atom. The number of amides is 3. The van der Waals surface area contributed by atoms with Gasteiger partial charge in [0, 0.05) is 38.0 Å². The predicted octanol–water partition coefficient (Wildman–Crippen LogP) is 2.40. The molecule has 1 saturated heterocycles. The summed E-state index contributed by atoms with van der Waals surface area (Å²) in [5.74, 6) is 6.18. The molecular weight excluding hydrogens is 314 g/mol. The summed E-state index contributed by atoms with van der Waals surface area (Å²) in [6.07, 6.45) is 3.48. The van der Waals surface area contributed by atoms with Crippen molar-refractivity contribution in [2.24, 2.45) is 0 Å². The first-order valence-electron chi connectivity index (χ1n) is 8.38. The minimum absolute atomic E-state index is 0.151. The lowest BCUT2D eigenvalue weighted by Gasteiger charge is -2.37. The van der Waals surface area contributed by atoms with Crippen molar-refractivity contribution in [2.75, 3.05) is 14.1 Å². The Hall–Kier alpha value is -3.00. The van der Waals surface area contributed by atoms with Gasteiger partial charge in [0.2, 0.25) is 0 Å². The maximum absolute atomic E-state index is 12.9. The van der Waals surface area contributed by atoms with Crippen LogP contribution >= 0.6 is 0 Å². The van der Waals surface area contributed by atoms with Crippen LogP contribution in [-0.2, 0) is 16.9 Å². The lowest BCUT2D eigenvalue weighted by atomic mass is 9.85. The van der Waals surface area contributed by atoms with Crippen molar-refractivity contribution < 1.29 is 9.59 Å². The molecule has 0 N–H and O–H groups in total. The zero-order valence-electron chi connectivity index (χ0n) is 14.3. The second-order valence-corrected chi connectivity index (χ2v) is 6.59. The van der Waals surface area contributed by atoms with Crippen molar-refractivity contribution in [1.29, 1.82) is 0 Å². The highest BCUT2D eigenvalue weighted by atomic mass is 16.2. The highest BCUT2D eigenvalue weighted by Crippen LogP contribution is 2.43. The molecule has 5 nitrogen and oxygen atoms in total. The predicted molar refractivity (Wildman–Crippen MR) is 93.7 cm³/mol. The normalized spacial score (nSPS) is 22.2. The second-order valence-electron chi connectivity index (χ2n) is 6.59. The Kier molecular flexibility index (Phi) is 3.43. The fourth-order valence-corrected chi connectivity index (χ4v) is 3.87. The van der Waals surface area contributed by atoms with E-state index < -0.39 is 5.54 Å². The zero-order valence-corrected chi connectivity index (χ0v) is 14.3. The molecule has 2 aromatic rings. The first-order valence-corrected chi connectivity index (χ1v) is 8.38. The lowest BCUT2D eigenvalue weighted by Crippen LogP contribution is -2.48. The summed E-state index contributed by atoms with van der Waals surface area (Å²) in [5.41, 5.74) is 1.78. The minimum atomic E-state index is -0.892. The van der Waals surface area contributed by atoms with Gasteiger partial charge in [-0.2, -0.15) is 0 Å². The summed E-state index contributed by atoms with van der Waals surface area (Å²) >= 11 is 0. The first kappa shape index (κ1) is 15.5. The van der Waals surface area contributed by atoms with Gasteiger partial charge in [-0.05, 0) is 31.0 Å². The van der Waals surface area contributed by atoms with Crippen LogP contribution in [0.3, 0.4) is 0 Å². The third kappa shape index (κ3) is 2.18. The van der Waals surface area contributed by atoms with Crippen LogP contribution in [0.1, 0.15) is 29.7 Å². The van der Waals surface area contributed by atoms with Gasteiger partial charge in [0.15, 0.2) is 5.54 Å². The monoisotopic (exact) mass is 333 g/mol. The number of likely N-dealkylation sites (N-methyl/N-ethyl adjacent to an activating group) is 2. The van der Waals surface area contributed by atoms with Crippen molar-refractivity contribution in [2.45, 2.75) is 24.9 Å².